The second kappa shape index (κ2) is 7.70. The molecule has 2 N–H and O–H groups in total. The number of rotatable bonds is 6. The van der Waals surface area contributed by atoms with Crippen LogP contribution in [-0.4, -0.2) is 28.4 Å². The molecule has 0 saturated heterocycles. The molecule has 0 spiro atoms. The van der Waals surface area contributed by atoms with Crippen LogP contribution in [0.1, 0.15) is 71.4 Å². The fourth-order valence-corrected chi connectivity index (χ4v) is 3.14. The third-order valence-electron chi connectivity index (χ3n) is 5.47. The van der Waals surface area contributed by atoms with E-state index in [1.165, 1.54) is 12.3 Å². The first kappa shape index (κ1) is 20.0. The van der Waals surface area contributed by atoms with Gasteiger partial charge < -0.3 is 10.6 Å². The quantitative estimate of drug-likeness (QED) is 0.798. The molecule has 2 amide bonds. The third kappa shape index (κ3) is 4.38. The zero-order valence-corrected chi connectivity index (χ0v) is 16.7. The lowest BCUT2D eigenvalue weighted by atomic mass is 9.80. The molecule has 0 radical (unpaired) electrons. The molecule has 2 aromatic rings. The van der Waals surface area contributed by atoms with Gasteiger partial charge in [-0.2, -0.15) is 0 Å². The monoisotopic (exact) mass is 383 g/mol. The van der Waals surface area contributed by atoms with Crippen molar-refractivity contribution >= 4 is 11.8 Å². The van der Waals surface area contributed by atoms with Gasteiger partial charge in [0.05, 0.1) is 5.56 Å². The largest absolute Gasteiger partial charge is 0.349 e. The number of halogens is 1. The summed E-state index contributed by atoms with van der Waals surface area (Å²) in [5.41, 5.74) is 1.29. The highest BCUT2D eigenvalue weighted by molar-refractivity contribution is 5.95. The highest BCUT2D eigenvalue weighted by atomic mass is 19.1. The molecular formula is C22H26FN3O2. The second-order valence-electron chi connectivity index (χ2n) is 8.06. The lowest BCUT2D eigenvalue weighted by Crippen LogP contribution is -2.47. The van der Waals surface area contributed by atoms with E-state index in [1.807, 2.05) is 20.8 Å². The fraction of sp³-hybridized carbons (Fsp3) is 0.409. The molecule has 1 unspecified atom stereocenters. The van der Waals surface area contributed by atoms with Gasteiger partial charge in [-0.05, 0) is 69.0 Å². The third-order valence-corrected chi connectivity index (χ3v) is 5.47. The zero-order valence-electron chi connectivity index (χ0n) is 16.7. The van der Waals surface area contributed by atoms with Crippen molar-refractivity contribution in [2.45, 2.75) is 58.0 Å². The Balaban J connectivity index is 1.85. The molecule has 1 aliphatic rings. The van der Waals surface area contributed by atoms with Gasteiger partial charge >= 0.3 is 0 Å². The number of aromatic nitrogens is 1. The first-order valence-electron chi connectivity index (χ1n) is 9.52. The number of carbonyl (C=O) groups excluding carboxylic acids is 2. The Kier molecular flexibility index (Phi) is 5.49. The van der Waals surface area contributed by atoms with E-state index >= 15 is 0 Å². The Bertz CT molecular complexity index is 892. The van der Waals surface area contributed by atoms with Gasteiger partial charge in [-0.15, -0.1) is 0 Å². The van der Waals surface area contributed by atoms with Crippen LogP contribution in [0.4, 0.5) is 4.39 Å². The molecule has 0 bridgehead atoms. The molecule has 0 aliphatic heterocycles. The van der Waals surface area contributed by atoms with Crippen LogP contribution in [0.3, 0.4) is 0 Å². The molecule has 148 valence electrons. The lowest BCUT2D eigenvalue weighted by molar-refractivity contribution is 0.0899. The van der Waals surface area contributed by atoms with Gasteiger partial charge in [0.1, 0.15) is 5.82 Å². The molecule has 1 fully saturated rings. The molecule has 1 atom stereocenters. The van der Waals surface area contributed by atoms with E-state index in [2.05, 4.69) is 15.6 Å². The van der Waals surface area contributed by atoms with Crippen LogP contribution >= 0.6 is 0 Å². The summed E-state index contributed by atoms with van der Waals surface area (Å²) >= 11 is 0. The van der Waals surface area contributed by atoms with Crippen LogP contribution in [0.2, 0.25) is 0 Å². The van der Waals surface area contributed by atoms with Crippen molar-refractivity contribution < 1.29 is 14.0 Å². The smallest absolute Gasteiger partial charge is 0.253 e. The summed E-state index contributed by atoms with van der Waals surface area (Å²) in [6.45, 7) is 7.40. The van der Waals surface area contributed by atoms with E-state index < -0.39 is 11.4 Å². The first-order valence-corrected chi connectivity index (χ1v) is 9.52. The van der Waals surface area contributed by atoms with E-state index in [0.29, 0.717) is 22.3 Å². The predicted molar refractivity (Wildman–Crippen MR) is 106 cm³/mol. The Hall–Kier alpha value is -2.76. The number of pyridine rings is 1. The van der Waals surface area contributed by atoms with Crippen LogP contribution in [0.25, 0.3) is 0 Å². The van der Waals surface area contributed by atoms with E-state index in [-0.39, 0.29) is 23.8 Å². The van der Waals surface area contributed by atoms with Crippen molar-refractivity contribution in [1.29, 1.82) is 0 Å². The Morgan fingerprint density at radius 1 is 1.21 bits per heavy atom. The predicted octanol–water partition coefficient (Wildman–Crippen LogP) is 3.73. The van der Waals surface area contributed by atoms with Crippen molar-refractivity contribution in [3.05, 3.63) is 64.7 Å². The molecule has 1 saturated carbocycles. The van der Waals surface area contributed by atoms with E-state index in [4.69, 9.17) is 0 Å². The Morgan fingerprint density at radius 2 is 1.93 bits per heavy atom. The summed E-state index contributed by atoms with van der Waals surface area (Å²) in [6, 6.07) is 6.61. The standard InChI is InChI=1S/C22H26FN3O2/c1-13-18(10-16(11-19(13)23)20(27)25-17-7-8-17)14(2)22(3,4)26-21(28)15-6-5-9-24-12-15/h5-6,9-12,14,17H,7-8H2,1-4H3,(H,25,27)(H,26,28). The summed E-state index contributed by atoms with van der Waals surface area (Å²) in [4.78, 5) is 28.9. The van der Waals surface area contributed by atoms with Crippen LogP contribution in [0.15, 0.2) is 36.7 Å². The van der Waals surface area contributed by atoms with E-state index in [9.17, 15) is 14.0 Å². The normalized spacial score (nSPS) is 15.0. The number of carbonyl (C=O) groups is 2. The number of benzene rings is 1. The number of hydrogen-bond donors (Lipinski definition) is 2. The molecule has 5 nitrogen and oxygen atoms in total. The van der Waals surface area contributed by atoms with Crippen LogP contribution < -0.4 is 10.6 Å². The maximum atomic E-state index is 14.6. The van der Waals surface area contributed by atoms with Crippen LogP contribution in [0, 0.1) is 12.7 Å². The molecule has 1 aliphatic carbocycles. The van der Waals surface area contributed by atoms with Crippen molar-refractivity contribution in [2.24, 2.45) is 0 Å². The topological polar surface area (TPSA) is 71.1 Å². The average molecular weight is 383 g/mol. The summed E-state index contributed by atoms with van der Waals surface area (Å²) in [7, 11) is 0. The van der Waals surface area contributed by atoms with Gasteiger partial charge in [-0.3, -0.25) is 14.6 Å². The maximum absolute atomic E-state index is 14.6. The van der Waals surface area contributed by atoms with Crippen molar-refractivity contribution in [3.8, 4) is 0 Å². The van der Waals surface area contributed by atoms with Gasteiger partial charge in [0.25, 0.3) is 11.8 Å². The highest BCUT2D eigenvalue weighted by Crippen LogP contribution is 2.32. The summed E-state index contributed by atoms with van der Waals surface area (Å²) in [5.74, 6) is -1.14. The van der Waals surface area contributed by atoms with Crippen LogP contribution in [0.5, 0.6) is 0 Å². The van der Waals surface area contributed by atoms with Crippen LogP contribution in [-0.2, 0) is 0 Å². The molecule has 1 heterocycles. The van der Waals surface area contributed by atoms with Gasteiger partial charge in [-0.1, -0.05) is 6.92 Å². The highest BCUT2D eigenvalue weighted by Gasteiger charge is 2.32. The van der Waals surface area contributed by atoms with Crippen molar-refractivity contribution in [3.63, 3.8) is 0 Å². The van der Waals surface area contributed by atoms with Crippen molar-refractivity contribution in [2.75, 3.05) is 0 Å². The minimum atomic E-state index is -0.671. The zero-order chi connectivity index (χ0) is 20.5. The summed E-state index contributed by atoms with van der Waals surface area (Å²) in [6.07, 6.45) is 5.05. The maximum Gasteiger partial charge on any atom is 0.253 e. The minimum Gasteiger partial charge on any atom is -0.349 e. The average Bonchev–Trinajstić information content (AvgIpc) is 3.47. The lowest BCUT2D eigenvalue weighted by Gasteiger charge is -2.34. The SMILES string of the molecule is Cc1c(F)cc(C(=O)NC2CC2)cc1C(C)C(C)(C)NC(=O)c1cccnc1. The van der Waals surface area contributed by atoms with Gasteiger partial charge in [0, 0.05) is 35.5 Å². The van der Waals surface area contributed by atoms with Gasteiger partial charge in [0.2, 0.25) is 0 Å². The number of hydrogen-bond acceptors (Lipinski definition) is 3. The van der Waals surface area contributed by atoms with E-state index in [1.54, 1.807) is 31.3 Å². The molecular weight excluding hydrogens is 357 g/mol. The summed E-state index contributed by atoms with van der Waals surface area (Å²) in [5, 5.41) is 5.90. The molecule has 6 heteroatoms. The van der Waals surface area contributed by atoms with Crippen molar-refractivity contribution in [1.82, 2.24) is 15.6 Å². The number of nitrogens with zero attached hydrogens (tertiary/aromatic N) is 1. The number of amides is 2. The number of nitrogens with one attached hydrogen (secondary N) is 2. The molecule has 1 aromatic heterocycles. The minimum absolute atomic E-state index is 0.202. The molecule has 1 aromatic carbocycles. The fourth-order valence-electron chi connectivity index (χ4n) is 3.14. The molecule has 28 heavy (non-hydrogen) atoms. The van der Waals surface area contributed by atoms with E-state index in [0.717, 1.165) is 12.8 Å². The van der Waals surface area contributed by atoms with Gasteiger partial charge in [-0.25, -0.2) is 4.39 Å². The molecule has 3 rings (SSSR count). The second-order valence-corrected chi connectivity index (χ2v) is 8.06. The first-order chi connectivity index (χ1) is 13.2. The Morgan fingerprint density at radius 3 is 2.54 bits per heavy atom. The Labute approximate surface area is 164 Å². The van der Waals surface area contributed by atoms with Gasteiger partial charge in [0.15, 0.2) is 0 Å². The summed E-state index contributed by atoms with van der Waals surface area (Å²) < 4.78 is 14.6.